The molecule has 3 aromatic rings. The van der Waals surface area contributed by atoms with Crippen molar-refractivity contribution in [3.05, 3.63) is 68.0 Å². The van der Waals surface area contributed by atoms with Gasteiger partial charge in [0.2, 0.25) is 5.82 Å². The average Bonchev–Trinajstić information content (AvgIpc) is 3.07. The summed E-state index contributed by atoms with van der Waals surface area (Å²) in [5, 5.41) is 14.6. The molecule has 0 saturated carbocycles. The second-order valence-electron chi connectivity index (χ2n) is 5.48. The van der Waals surface area contributed by atoms with Crippen molar-refractivity contribution in [2.75, 3.05) is 0 Å². The molecule has 1 aromatic heterocycles. The van der Waals surface area contributed by atoms with E-state index in [1.165, 1.54) is 12.1 Å². The van der Waals surface area contributed by atoms with Crippen LogP contribution in [-0.4, -0.2) is 15.1 Å². The van der Waals surface area contributed by atoms with E-state index in [1.807, 2.05) is 26.0 Å². The fraction of sp³-hybridized carbons (Fsp3) is 0.176. The highest BCUT2D eigenvalue weighted by Gasteiger charge is 2.12. The van der Waals surface area contributed by atoms with Gasteiger partial charge in [0, 0.05) is 22.2 Å². The summed E-state index contributed by atoms with van der Waals surface area (Å²) in [5.74, 6) is 1.40. The maximum atomic E-state index is 10.7. The molecule has 0 unspecified atom stereocenters. The monoisotopic (exact) mass is 403 g/mol. The Morgan fingerprint density at radius 1 is 1.20 bits per heavy atom. The molecule has 0 N–H and O–H groups in total. The standard InChI is InChI=1S/C17H14BrN3O4/c1-10-7-14(8-11(2)16(10)18)24-9-15-19-17(20-25-15)12-3-5-13(6-4-12)21(22)23/h3-8H,9H2,1-2H3. The van der Waals surface area contributed by atoms with E-state index >= 15 is 0 Å². The zero-order valence-electron chi connectivity index (χ0n) is 13.5. The van der Waals surface area contributed by atoms with Crippen molar-refractivity contribution >= 4 is 21.6 Å². The van der Waals surface area contributed by atoms with Gasteiger partial charge >= 0.3 is 0 Å². The summed E-state index contributed by atoms with van der Waals surface area (Å²) in [7, 11) is 0. The van der Waals surface area contributed by atoms with Gasteiger partial charge in [-0.3, -0.25) is 10.1 Å². The van der Waals surface area contributed by atoms with E-state index in [-0.39, 0.29) is 12.3 Å². The third-order valence-electron chi connectivity index (χ3n) is 3.58. The molecule has 1 heterocycles. The van der Waals surface area contributed by atoms with Crippen LogP contribution in [0.1, 0.15) is 17.0 Å². The number of nitrogens with zero attached hydrogens (tertiary/aromatic N) is 3. The molecule has 0 saturated heterocycles. The van der Waals surface area contributed by atoms with Gasteiger partial charge in [-0.05, 0) is 49.2 Å². The fourth-order valence-corrected chi connectivity index (χ4v) is 2.53. The lowest BCUT2D eigenvalue weighted by atomic mass is 10.1. The maximum absolute atomic E-state index is 10.7. The van der Waals surface area contributed by atoms with Gasteiger partial charge in [-0.25, -0.2) is 0 Å². The molecule has 128 valence electrons. The number of hydrogen-bond acceptors (Lipinski definition) is 6. The number of ether oxygens (including phenoxy) is 1. The van der Waals surface area contributed by atoms with Crippen LogP contribution in [-0.2, 0) is 6.61 Å². The number of aromatic nitrogens is 2. The molecule has 8 heteroatoms. The van der Waals surface area contributed by atoms with Crippen LogP contribution in [0, 0.1) is 24.0 Å². The SMILES string of the molecule is Cc1cc(OCc2nc(-c3ccc([N+](=O)[O-])cc3)no2)cc(C)c1Br. The summed E-state index contributed by atoms with van der Waals surface area (Å²) in [6, 6.07) is 9.80. The van der Waals surface area contributed by atoms with E-state index < -0.39 is 4.92 Å². The Morgan fingerprint density at radius 2 is 1.84 bits per heavy atom. The van der Waals surface area contributed by atoms with E-state index in [4.69, 9.17) is 9.26 Å². The third kappa shape index (κ3) is 3.85. The first-order valence-electron chi connectivity index (χ1n) is 7.41. The number of halogens is 1. The summed E-state index contributed by atoms with van der Waals surface area (Å²) >= 11 is 3.51. The van der Waals surface area contributed by atoms with Crippen LogP contribution in [0.4, 0.5) is 5.69 Å². The van der Waals surface area contributed by atoms with Crippen LogP contribution in [0.3, 0.4) is 0 Å². The molecule has 0 bridgehead atoms. The van der Waals surface area contributed by atoms with Gasteiger partial charge in [-0.1, -0.05) is 21.1 Å². The normalized spacial score (nSPS) is 10.7. The third-order valence-corrected chi connectivity index (χ3v) is 4.83. The molecule has 25 heavy (non-hydrogen) atoms. The lowest BCUT2D eigenvalue weighted by Gasteiger charge is -2.08. The zero-order chi connectivity index (χ0) is 18.0. The molecule has 0 aliphatic heterocycles. The smallest absolute Gasteiger partial charge is 0.269 e. The molecule has 2 aromatic carbocycles. The first kappa shape index (κ1) is 17.1. The number of nitro groups is 1. The van der Waals surface area contributed by atoms with Gasteiger partial charge in [0.15, 0.2) is 6.61 Å². The van der Waals surface area contributed by atoms with Crippen molar-refractivity contribution in [3.63, 3.8) is 0 Å². The molecule has 0 aliphatic carbocycles. The Kier molecular flexibility index (Phi) is 4.80. The molecule has 0 aliphatic rings. The number of rotatable bonds is 5. The first-order chi connectivity index (χ1) is 11.9. The summed E-state index contributed by atoms with van der Waals surface area (Å²) in [6.07, 6.45) is 0. The Hall–Kier alpha value is -2.74. The minimum Gasteiger partial charge on any atom is -0.484 e. The quantitative estimate of drug-likeness (QED) is 0.456. The molecule has 0 fully saturated rings. The molecule has 0 amide bonds. The number of non-ortho nitro benzene ring substituents is 1. The predicted octanol–water partition coefficient (Wildman–Crippen LogP) is 4.60. The van der Waals surface area contributed by atoms with Crippen molar-refractivity contribution in [2.45, 2.75) is 20.5 Å². The van der Waals surface area contributed by atoms with Gasteiger partial charge in [-0.2, -0.15) is 4.98 Å². The Labute approximate surface area is 151 Å². The Bertz CT molecular complexity index is 899. The molecule has 0 spiro atoms. The van der Waals surface area contributed by atoms with Crippen molar-refractivity contribution in [1.82, 2.24) is 10.1 Å². The maximum Gasteiger partial charge on any atom is 0.269 e. The lowest BCUT2D eigenvalue weighted by Crippen LogP contribution is -1.97. The molecule has 0 radical (unpaired) electrons. The number of hydrogen-bond donors (Lipinski definition) is 0. The van der Waals surface area contributed by atoms with Crippen molar-refractivity contribution in [1.29, 1.82) is 0 Å². The zero-order valence-corrected chi connectivity index (χ0v) is 15.1. The van der Waals surface area contributed by atoms with Crippen LogP contribution >= 0.6 is 15.9 Å². The highest BCUT2D eigenvalue weighted by molar-refractivity contribution is 9.10. The molecule has 7 nitrogen and oxygen atoms in total. The van der Waals surface area contributed by atoms with E-state index in [1.54, 1.807) is 12.1 Å². The van der Waals surface area contributed by atoms with Gasteiger partial charge in [-0.15, -0.1) is 0 Å². The van der Waals surface area contributed by atoms with Crippen molar-refractivity contribution in [2.24, 2.45) is 0 Å². The minimum atomic E-state index is -0.457. The average molecular weight is 404 g/mol. The van der Waals surface area contributed by atoms with Gasteiger partial charge in [0.25, 0.3) is 11.6 Å². The second kappa shape index (κ2) is 7.02. The van der Waals surface area contributed by atoms with Gasteiger partial charge in [0.05, 0.1) is 4.92 Å². The predicted molar refractivity (Wildman–Crippen MR) is 94.3 cm³/mol. The summed E-state index contributed by atoms with van der Waals surface area (Å²) in [5.41, 5.74) is 2.80. The van der Waals surface area contributed by atoms with Crippen LogP contribution in [0.25, 0.3) is 11.4 Å². The molecule has 0 atom stereocenters. The number of aryl methyl sites for hydroxylation is 2. The van der Waals surface area contributed by atoms with E-state index in [0.717, 1.165) is 15.6 Å². The van der Waals surface area contributed by atoms with Crippen LogP contribution < -0.4 is 4.74 Å². The second-order valence-corrected chi connectivity index (χ2v) is 6.27. The van der Waals surface area contributed by atoms with Crippen LogP contribution in [0.15, 0.2) is 45.4 Å². The minimum absolute atomic E-state index is 0.0109. The highest BCUT2D eigenvalue weighted by Crippen LogP contribution is 2.27. The Balaban J connectivity index is 1.70. The fourth-order valence-electron chi connectivity index (χ4n) is 2.30. The van der Waals surface area contributed by atoms with Crippen LogP contribution in [0.5, 0.6) is 5.75 Å². The highest BCUT2D eigenvalue weighted by atomic mass is 79.9. The van der Waals surface area contributed by atoms with Crippen LogP contribution in [0.2, 0.25) is 0 Å². The van der Waals surface area contributed by atoms with Gasteiger partial charge < -0.3 is 9.26 Å². The summed E-state index contributed by atoms with van der Waals surface area (Å²) < 4.78 is 11.9. The molecule has 3 rings (SSSR count). The lowest BCUT2D eigenvalue weighted by molar-refractivity contribution is -0.384. The largest absolute Gasteiger partial charge is 0.484 e. The van der Waals surface area contributed by atoms with E-state index in [0.29, 0.717) is 23.0 Å². The summed E-state index contributed by atoms with van der Waals surface area (Å²) in [4.78, 5) is 14.5. The van der Waals surface area contributed by atoms with Gasteiger partial charge in [0.1, 0.15) is 5.75 Å². The molecular formula is C17H14BrN3O4. The van der Waals surface area contributed by atoms with Crippen molar-refractivity contribution < 1.29 is 14.2 Å². The summed E-state index contributed by atoms with van der Waals surface area (Å²) in [6.45, 7) is 4.12. The van der Waals surface area contributed by atoms with E-state index in [2.05, 4.69) is 26.1 Å². The van der Waals surface area contributed by atoms with E-state index in [9.17, 15) is 10.1 Å². The number of nitro benzene ring substituents is 1. The number of benzene rings is 2. The Morgan fingerprint density at radius 3 is 2.44 bits per heavy atom. The van der Waals surface area contributed by atoms with Crippen molar-refractivity contribution in [3.8, 4) is 17.1 Å². The first-order valence-corrected chi connectivity index (χ1v) is 8.20. The molecular weight excluding hydrogens is 390 g/mol. The topological polar surface area (TPSA) is 91.3 Å².